The number of amides is 1. The largest absolute Gasteiger partial charge is 0.490 e. The zero-order valence-electron chi connectivity index (χ0n) is 19.7. The molecule has 2 N–H and O–H groups in total. The van der Waals surface area contributed by atoms with Crippen LogP contribution in [-0.4, -0.2) is 52.1 Å². The molecule has 7 nitrogen and oxygen atoms in total. The molecule has 182 valence electrons. The van der Waals surface area contributed by atoms with Crippen molar-refractivity contribution in [3.8, 4) is 11.5 Å². The lowest BCUT2D eigenvalue weighted by molar-refractivity contribution is -0.122. The Morgan fingerprint density at radius 1 is 1.03 bits per heavy atom. The predicted octanol–water partition coefficient (Wildman–Crippen LogP) is 3.55. The van der Waals surface area contributed by atoms with Crippen molar-refractivity contribution in [2.75, 3.05) is 31.8 Å². The SMILES string of the molecule is CCOc1ccc(CCNC(=O)C(CCSC)NS(=O)(=O)c2ccc(C)cc2)cc1OCC. The van der Waals surface area contributed by atoms with Gasteiger partial charge in [0.15, 0.2) is 11.5 Å². The minimum absolute atomic E-state index is 0.146. The van der Waals surface area contributed by atoms with Gasteiger partial charge >= 0.3 is 0 Å². The summed E-state index contributed by atoms with van der Waals surface area (Å²) < 4.78 is 39.4. The highest BCUT2D eigenvalue weighted by Crippen LogP contribution is 2.28. The highest BCUT2D eigenvalue weighted by Gasteiger charge is 2.25. The minimum atomic E-state index is -3.80. The number of thioether (sulfide) groups is 1. The molecule has 0 saturated carbocycles. The average molecular weight is 495 g/mol. The monoisotopic (exact) mass is 494 g/mol. The Morgan fingerprint density at radius 3 is 2.33 bits per heavy atom. The van der Waals surface area contributed by atoms with E-state index in [-0.39, 0.29) is 10.8 Å². The van der Waals surface area contributed by atoms with Gasteiger partial charge in [0.2, 0.25) is 15.9 Å². The summed E-state index contributed by atoms with van der Waals surface area (Å²) in [6, 6.07) is 11.4. The molecule has 0 aliphatic carbocycles. The molecule has 0 aromatic heterocycles. The van der Waals surface area contributed by atoms with Gasteiger partial charge in [0, 0.05) is 6.54 Å². The Hall–Kier alpha value is -2.23. The topological polar surface area (TPSA) is 93.7 Å². The van der Waals surface area contributed by atoms with Crippen LogP contribution in [0.3, 0.4) is 0 Å². The van der Waals surface area contributed by atoms with Gasteiger partial charge in [0.05, 0.1) is 18.1 Å². The van der Waals surface area contributed by atoms with E-state index in [9.17, 15) is 13.2 Å². The molecule has 9 heteroatoms. The van der Waals surface area contributed by atoms with Gasteiger partial charge in [-0.1, -0.05) is 23.8 Å². The number of hydrogen-bond acceptors (Lipinski definition) is 6. The van der Waals surface area contributed by atoms with Crippen molar-refractivity contribution in [3.05, 3.63) is 53.6 Å². The van der Waals surface area contributed by atoms with E-state index in [0.717, 1.165) is 11.1 Å². The van der Waals surface area contributed by atoms with E-state index in [1.807, 2.05) is 45.2 Å². The first-order valence-electron chi connectivity index (χ1n) is 11.0. The van der Waals surface area contributed by atoms with E-state index < -0.39 is 16.1 Å². The fraction of sp³-hybridized carbons (Fsp3) is 0.458. The van der Waals surface area contributed by atoms with E-state index in [1.54, 1.807) is 36.0 Å². The van der Waals surface area contributed by atoms with Crippen LogP contribution in [0.5, 0.6) is 11.5 Å². The van der Waals surface area contributed by atoms with Crippen molar-refractivity contribution in [2.24, 2.45) is 0 Å². The summed E-state index contributed by atoms with van der Waals surface area (Å²) in [4.78, 5) is 13.0. The Kier molecular flexibility index (Phi) is 11.0. The van der Waals surface area contributed by atoms with Gasteiger partial charge in [-0.15, -0.1) is 0 Å². The molecule has 33 heavy (non-hydrogen) atoms. The summed E-state index contributed by atoms with van der Waals surface area (Å²) in [5, 5.41) is 2.87. The smallest absolute Gasteiger partial charge is 0.241 e. The van der Waals surface area contributed by atoms with Crippen molar-refractivity contribution >= 4 is 27.7 Å². The van der Waals surface area contributed by atoms with E-state index in [4.69, 9.17) is 9.47 Å². The molecular formula is C24H34N2O5S2. The first-order valence-corrected chi connectivity index (χ1v) is 13.9. The van der Waals surface area contributed by atoms with Crippen LogP contribution in [0, 0.1) is 6.92 Å². The zero-order valence-corrected chi connectivity index (χ0v) is 21.4. The summed E-state index contributed by atoms with van der Waals surface area (Å²) >= 11 is 1.56. The number of rotatable bonds is 14. The summed E-state index contributed by atoms with van der Waals surface area (Å²) in [7, 11) is -3.80. The Labute approximate surface area is 201 Å². The van der Waals surface area contributed by atoms with E-state index in [0.29, 0.717) is 49.9 Å². The van der Waals surface area contributed by atoms with Crippen molar-refractivity contribution in [1.29, 1.82) is 0 Å². The first-order chi connectivity index (χ1) is 15.8. The van der Waals surface area contributed by atoms with Crippen LogP contribution in [0.2, 0.25) is 0 Å². The third-order valence-electron chi connectivity index (χ3n) is 4.88. The summed E-state index contributed by atoms with van der Waals surface area (Å²) in [6.07, 6.45) is 2.90. The van der Waals surface area contributed by atoms with Crippen LogP contribution in [0.25, 0.3) is 0 Å². The number of aryl methyl sites for hydroxylation is 1. The van der Waals surface area contributed by atoms with Gasteiger partial charge in [-0.3, -0.25) is 4.79 Å². The number of ether oxygens (including phenoxy) is 2. The molecule has 0 heterocycles. The summed E-state index contributed by atoms with van der Waals surface area (Å²) in [6.45, 7) is 7.17. The van der Waals surface area contributed by atoms with Crippen LogP contribution in [0.4, 0.5) is 0 Å². The van der Waals surface area contributed by atoms with Crippen molar-refractivity contribution in [3.63, 3.8) is 0 Å². The van der Waals surface area contributed by atoms with Crippen LogP contribution in [0.15, 0.2) is 47.4 Å². The molecule has 0 radical (unpaired) electrons. The van der Waals surface area contributed by atoms with Crippen molar-refractivity contribution in [1.82, 2.24) is 10.0 Å². The zero-order chi connectivity index (χ0) is 24.3. The van der Waals surface area contributed by atoms with Crippen LogP contribution in [0.1, 0.15) is 31.4 Å². The van der Waals surface area contributed by atoms with Crippen LogP contribution < -0.4 is 19.5 Å². The molecule has 0 bridgehead atoms. The van der Waals surface area contributed by atoms with E-state index in [2.05, 4.69) is 10.0 Å². The molecular weight excluding hydrogens is 460 g/mol. The Bertz CT molecular complexity index is 994. The molecule has 2 aromatic rings. The molecule has 0 fully saturated rings. The second-order valence-corrected chi connectivity index (χ2v) is 10.2. The van der Waals surface area contributed by atoms with Gasteiger partial charge in [0.1, 0.15) is 6.04 Å². The fourth-order valence-electron chi connectivity index (χ4n) is 3.16. The predicted molar refractivity (Wildman–Crippen MR) is 134 cm³/mol. The van der Waals surface area contributed by atoms with Gasteiger partial charge in [0.25, 0.3) is 0 Å². The molecule has 1 unspecified atom stereocenters. The number of benzene rings is 2. The number of carbonyl (C=O) groups excluding carboxylic acids is 1. The third kappa shape index (κ3) is 8.57. The van der Waals surface area contributed by atoms with Crippen molar-refractivity contribution in [2.45, 2.75) is 44.6 Å². The van der Waals surface area contributed by atoms with Crippen LogP contribution in [-0.2, 0) is 21.2 Å². The molecule has 0 aliphatic heterocycles. The number of nitrogens with one attached hydrogen (secondary N) is 2. The van der Waals surface area contributed by atoms with E-state index >= 15 is 0 Å². The van der Waals surface area contributed by atoms with Crippen molar-refractivity contribution < 1.29 is 22.7 Å². The molecule has 0 saturated heterocycles. The molecule has 1 atom stereocenters. The maximum absolute atomic E-state index is 12.8. The summed E-state index contributed by atoms with van der Waals surface area (Å²) in [5.41, 5.74) is 1.95. The van der Waals surface area contributed by atoms with Gasteiger partial charge < -0.3 is 14.8 Å². The lowest BCUT2D eigenvalue weighted by atomic mass is 10.1. The lowest BCUT2D eigenvalue weighted by Crippen LogP contribution is -2.47. The second kappa shape index (κ2) is 13.5. The van der Waals surface area contributed by atoms with E-state index in [1.165, 1.54) is 0 Å². The standard InChI is InChI=1S/C24H34N2O5S2/c1-5-30-22-12-9-19(17-23(22)31-6-2)13-15-25-24(27)21(14-16-32-4)26-33(28,29)20-10-7-18(3)8-11-20/h7-12,17,21,26H,5-6,13-16H2,1-4H3,(H,25,27). The third-order valence-corrected chi connectivity index (χ3v) is 7.01. The van der Waals surface area contributed by atoms with Crippen LogP contribution >= 0.6 is 11.8 Å². The molecule has 0 aliphatic rings. The maximum atomic E-state index is 12.8. The van der Waals surface area contributed by atoms with Gasteiger partial charge in [-0.2, -0.15) is 16.5 Å². The molecule has 1 amide bonds. The number of sulfonamides is 1. The quantitative estimate of drug-likeness (QED) is 0.417. The van der Waals surface area contributed by atoms with Gasteiger partial charge in [-0.25, -0.2) is 8.42 Å². The normalized spacial score (nSPS) is 12.2. The first kappa shape index (κ1) is 27.0. The molecule has 2 rings (SSSR count). The van der Waals surface area contributed by atoms with Gasteiger partial charge in [-0.05, 0) is 75.5 Å². The minimum Gasteiger partial charge on any atom is -0.490 e. The number of carbonyl (C=O) groups is 1. The highest BCUT2D eigenvalue weighted by molar-refractivity contribution is 7.98. The maximum Gasteiger partial charge on any atom is 0.241 e. The second-order valence-electron chi connectivity index (χ2n) is 7.46. The lowest BCUT2D eigenvalue weighted by Gasteiger charge is -2.18. The fourth-order valence-corrected chi connectivity index (χ4v) is 4.86. The highest BCUT2D eigenvalue weighted by atomic mass is 32.2. The molecule has 2 aromatic carbocycles. The molecule has 0 spiro atoms. The Morgan fingerprint density at radius 2 is 1.70 bits per heavy atom. The Balaban J connectivity index is 2.02. The average Bonchev–Trinajstić information content (AvgIpc) is 2.78. The summed E-state index contributed by atoms with van der Waals surface area (Å²) in [5.74, 6) is 1.68. The number of hydrogen-bond donors (Lipinski definition) is 2.